The molecule has 2 aliphatic heterocycles. The second kappa shape index (κ2) is 8.94. The van der Waals surface area contributed by atoms with E-state index >= 15 is 0 Å². The number of anilines is 2. The van der Waals surface area contributed by atoms with Gasteiger partial charge >= 0.3 is 0 Å². The number of aromatic nitrogens is 3. The molecule has 1 fully saturated rings. The number of rotatable bonds is 4. The van der Waals surface area contributed by atoms with E-state index in [0.717, 1.165) is 61.4 Å². The number of benzene rings is 1. The predicted octanol–water partition coefficient (Wildman–Crippen LogP) is 4.06. The molecule has 0 radical (unpaired) electrons. The van der Waals surface area contributed by atoms with E-state index in [0.29, 0.717) is 12.0 Å². The maximum Gasteiger partial charge on any atom is 0.223 e. The van der Waals surface area contributed by atoms with E-state index in [2.05, 4.69) is 38.8 Å². The average Bonchev–Trinajstić information content (AvgIpc) is 2.84. The molecule has 164 valence electrons. The van der Waals surface area contributed by atoms with Crippen LogP contribution in [0.4, 0.5) is 11.6 Å². The molecule has 4 heterocycles. The van der Waals surface area contributed by atoms with Crippen molar-refractivity contribution in [2.45, 2.75) is 44.7 Å². The molecule has 1 atom stereocenters. The highest BCUT2D eigenvalue weighted by atomic mass is 16.2. The van der Waals surface area contributed by atoms with Crippen LogP contribution in [-0.2, 0) is 11.2 Å². The molecule has 0 saturated carbocycles. The summed E-state index contributed by atoms with van der Waals surface area (Å²) in [4.78, 5) is 27.4. The fourth-order valence-corrected chi connectivity index (χ4v) is 4.52. The number of aryl methyl sites for hydroxylation is 1. The molecule has 32 heavy (non-hydrogen) atoms. The SMILES string of the molecule is CC(=O)N1CCC(Nc2nccc(C3CCc4cnc(-c5ccccc5)cc4N3)n2)CC1. The molecule has 1 amide bonds. The summed E-state index contributed by atoms with van der Waals surface area (Å²) in [5.41, 5.74) is 5.45. The Morgan fingerprint density at radius 2 is 1.91 bits per heavy atom. The van der Waals surface area contributed by atoms with Crippen LogP contribution in [0.2, 0.25) is 0 Å². The number of amides is 1. The van der Waals surface area contributed by atoms with Gasteiger partial charge in [0.25, 0.3) is 0 Å². The largest absolute Gasteiger partial charge is 0.376 e. The minimum atomic E-state index is 0.136. The lowest BCUT2D eigenvalue weighted by Crippen LogP contribution is -2.41. The third kappa shape index (κ3) is 4.42. The Bertz CT molecular complexity index is 1090. The van der Waals surface area contributed by atoms with E-state index in [9.17, 15) is 4.79 Å². The van der Waals surface area contributed by atoms with Gasteiger partial charge in [0.05, 0.1) is 17.4 Å². The highest BCUT2D eigenvalue weighted by molar-refractivity contribution is 5.73. The first kappa shape index (κ1) is 20.4. The van der Waals surface area contributed by atoms with Crippen LogP contribution in [0.25, 0.3) is 11.3 Å². The molecule has 5 rings (SSSR count). The van der Waals surface area contributed by atoms with Crippen molar-refractivity contribution in [3.63, 3.8) is 0 Å². The number of hydrogen-bond acceptors (Lipinski definition) is 6. The predicted molar refractivity (Wildman–Crippen MR) is 125 cm³/mol. The van der Waals surface area contributed by atoms with Gasteiger partial charge in [0.2, 0.25) is 11.9 Å². The third-order valence-corrected chi connectivity index (χ3v) is 6.40. The molecule has 0 spiro atoms. The van der Waals surface area contributed by atoms with Crippen molar-refractivity contribution >= 4 is 17.5 Å². The maximum atomic E-state index is 11.5. The molecule has 0 bridgehead atoms. The first-order valence-electron chi connectivity index (χ1n) is 11.3. The normalized spacial score (nSPS) is 18.5. The fraction of sp³-hybridized carbons (Fsp3) is 0.360. The molecular formula is C25H28N6O. The summed E-state index contributed by atoms with van der Waals surface area (Å²) in [5.74, 6) is 0.812. The first-order valence-corrected chi connectivity index (χ1v) is 11.3. The van der Waals surface area contributed by atoms with Crippen molar-refractivity contribution in [1.29, 1.82) is 0 Å². The van der Waals surface area contributed by atoms with Gasteiger partial charge in [-0.3, -0.25) is 9.78 Å². The lowest BCUT2D eigenvalue weighted by atomic mass is 9.96. The van der Waals surface area contributed by atoms with Crippen LogP contribution in [0.15, 0.2) is 54.9 Å². The van der Waals surface area contributed by atoms with Crippen molar-refractivity contribution < 1.29 is 4.79 Å². The van der Waals surface area contributed by atoms with Crippen LogP contribution < -0.4 is 10.6 Å². The van der Waals surface area contributed by atoms with Crippen molar-refractivity contribution in [1.82, 2.24) is 19.9 Å². The number of nitrogens with zero attached hydrogens (tertiary/aromatic N) is 4. The van der Waals surface area contributed by atoms with E-state index in [1.54, 1.807) is 6.92 Å². The molecule has 1 saturated heterocycles. The Kier molecular flexibility index (Phi) is 5.71. The summed E-state index contributed by atoms with van der Waals surface area (Å²) >= 11 is 0. The van der Waals surface area contributed by atoms with Crippen LogP contribution in [-0.4, -0.2) is 44.9 Å². The molecule has 2 aromatic heterocycles. The Morgan fingerprint density at radius 1 is 1.09 bits per heavy atom. The zero-order valence-corrected chi connectivity index (χ0v) is 18.3. The van der Waals surface area contributed by atoms with Crippen LogP contribution in [0.5, 0.6) is 0 Å². The van der Waals surface area contributed by atoms with E-state index in [4.69, 9.17) is 4.98 Å². The molecular weight excluding hydrogens is 400 g/mol. The van der Waals surface area contributed by atoms with Crippen LogP contribution >= 0.6 is 0 Å². The molecule has 7 nitrogen and oxygen atoms in total. The van der Waals surface area contributed by atoms with Gasteiger partial charge in [-0.05, 0) is 43.4 Å². The van der Waals surface area contributed by atoms with E-state index < -0.39 is 0 Å². The number of carbonyl (C=O) groups is 1. The maximum absolute atomic E-state index is 11.5. The van der Waals surface area contributed by atoms with Gasteiger partial charge in [-0.15, -0.1) is 0 Å². The molecule has 3 aromatic rings. The van der Waals surface area contributed by atoms with Crippen LogP contribution in [0.1, 0.15) is 43.5 Å². The molecule has 1 unspecified atom stereocenters. The number of fused-ring (bicyclic) bond motifs is 1. The van der Waals surface area contributed by atoms with Crippen molar-refractivity contribution in [2.24, 2.45) is 0 Å². The van der Waals surface area contributed by atoms with Gasteiger partial charge < -0.3 is 15.5 Å². The molecule has 1 aromatic carbocycles. The van der Waals surface area contributed by atoms with Gasteiger partial charge in [-0.1, -0.05) is 30.3 Å². The van der Waals surface area contributed by atoms with Gasteiger partial charge in [0, 0.05) is 49.7 Å². The number of nitrogens with one attached hydrogen (secondary N) is 2. The number of likely N-dealkylation sites (tertiary alicyclic amines) is 1. The van der Waals surface area contributed by atoms with Gasteiger partial charge in [0.15, 0.2) is 0 Å². The van der Waals surface area contributed by atoms with Crippen molar-refractivity contribution in [3.8, 4) is 11.3 Å². The van der Waals surface area contributed by atoms with Crippen LogP contribution in [0.3, 0.4) is 0 Å². The second-order valence-corrected chi connectivity index (χ2v) is 8.56. The second-order valence-electron chi connectivity index (χ2n) is 8.56. The Hall–Kier alpha value is -3.48. The summed E-state index contributed by atoms with van der Waals surface area (Å²) in [6.07, 6.45) is 7.57. The zero-order chi connectivity index (χ0) is 21.9. The quantitative estimate of drug-likeness (QED) is 0.652. The van der Waals surface area contributed by atoms with E-state index in [1.807, 2.05) is 41.6 Å². The molecule has 2 N–H and O–H groups in total. The van der Waals surface area contributed by atoms with E-state index in [1.165, 1.54) is 5.56 Å². The summed E-state index contributed by atoms with van der Waals surface area (Å²) in [7, 11) is 0. The topological polar surface area (TPSA) is 83.0 Å². The summed E-state index contributed by atoms with van der Waals surface area (Å²) in [6, 6.07) is 14.8. The first-order chi connectivity index (χ1) is 15.7. The fourth-order valence-electron chi connectivity index (χ4n) is 4.52. The lowest BCUT2D eigenvalue weighted by Gasteiger charge is -2.32. The Morgan fingerprint density at radius 3 is 2.69 bits per heavy atom. The van der Waals surface area contributed by atoms with Gasteiger partial charge in [-0.2, -0.15) is 0 Å². The standard InChI is InChI=1S/C25H28N6O/c1-17(32)31-13-10-20(11-14-31)28-25-26-12-9-22(30-25)21-8-7-19-16-27-23(15-24(19)29-21)18-5-3-2-4-6-18/h2-6,9,12,15-16,20-21,29H,7-8,10-11,13-14H2,1H3,(H,26,28,30). The third-order valence-electron chi connectivity index (χ3n) is 6.40. The van der Waals surface area contributed by atoms with E-state index in [-0.39, 0.29) is 11.9 Å². The average molecular weight is 429 g/mol. The number of pyridine rings is 1. The minimum Gasteiger partial charge on any atom is -0.376 e. The zero-order valence-electron chi connectivity index (χ0n) is 18.3. The summed E-state index contributed by atoms with van der Waals surface area (Å²) in [6.45, 7) is 3.20. The number of piperidine rings is 1. The summed E-state index contributed by atoms with van der Waals surface area (Å²) < 4.78 is 0. The smallest absolute Gasteiger partial charge is 0.223 e. The highest BCUT2D eigenvalue weighted by Crippen LogP contribution is 2.34. The van der Waals surface area contributed by atoms with Gasteiger partial charge in [0.1, 0.15) is 0 Å². The molecule has 7 heteroatoms. The monoisotopic (exact) mass is 428 g/mol. The van der Waals surface area contributed by atoms with Gasteiger partial charge in [-0.25, -0.2) is 9.97 Å². The molecule has 0 aliphatic carbocycles. The number of carbonyl (C=O) groups excluding carboxylic acids is 1. The Labute approximate surface area is 188 Å². The summed E-state index contributed by atoms with van der Waals surface area (Å²) in [5, 5.41) is 7.14. The Balaban J connectivity index is 1.28. The van der Waals surface area contributed by atoms with Crippen LogP contribution in [0, 0.1) is 0 Å². The van der Waals surface area contributed by atoms with Crippen molar-refractivity contribution in [3.05, 3.63) is 66.1 Å². The molecule has 2 aliphatic rings. The minimum absolute atomic E-state index is 0.136. The van der Waals surface area contributed by atoms with Crippen molar-refractivity contribution in [2.75, 3.05) is 23.7 Å². The lowest BCUT2D eigenvalue weighted by molar-refractivity contribution is -0.129. The highest BCUT2D eigenvalue weighted by Gasteiger charge is 2.24. The number of hydrogen-bond donors (Lipinski definition) is 2.